The molecule has 73 heavy (non-hydrogen) atoms. The highest BCUT2D eigenvalue weighted by molar-refractivity contribution is 5.69. The maximum absolute atomic E-state index is 13.1. The molecule has 2 fully saturated rings. The third-order valence-corrected chi connectivity index (χ3v) is 13.2. The molecule has 422 valence electrons. The van der Waals surface area contributed by atoms with E-state index in [1.165, 1.54) is 70.6 Å². The van der Waals surface area contributed by atoms with E-state index < -0.39 is 80.7 Å². The summed E-state index contributed by atoms with van der Waals surface area (Å²) >= 11 is 0. The van der Waals surface area contributed by atoms with Gasteiger partial charge in [0.1, 0.15) is 54.9 Å². The van der Waals surface area contributed by atoms with Crippen molar-refractivity contribution in [2.24, 2.45) is 0 Å². The Balaban J connectivity index is 1.70. The standard InChI is InChI=1S/C59H102O14/c1-3-5-7-9-11-13-15-17-19-20-21-22-23-24-25-26-27-28-29-30-32-34-36-38-40-42-51(61)71-48(45-68-43-41-39-37-35-33-31-18-16-14-12-10-8-6-4-2)46-69-58-57(67)55(65)53(63)50(73-58)47-70-59-56(66)54(64)52(62)49(44-60)72-59/h5,7-8,10-11,13-14,16-17,19,21-22,48-50,52-60,62-67H,3-4,6,9,12,15,18,20,23-47H2,1-2H3/b7-5-,10-8-,13-11-,16-14-,19-17-,22-21-. The van der Waals surface area contributed by atoms with Crippen molar-refractivity contribution in [1.82, 2.24) is 0 Å². The number of esters is 1. The number of aliphatic hydroxyl groups is 7. The Morgan fingerprint density at radius 2 is 0.890 bits per heavy atom. The van der Waals surface area contributed by atoms with E-state index >= 15 is 0 Å². The molecule has 0 radical (unpaired) electrons. The molecule has 0 amide bonds. The first-order valence-electron chi connectivity index (χ1n) is 28.5. The van der Waals surface area contributed by atoms with Crippen molar-refractivity contribution in [2.75, 3.05) is 33.0 Å². The van der Waals surface area contributed by atoms with Crippen LogP contribution in [0.15, 0.2) is 72.9 Å². The number of ether oxygens (including phenoxy) is 6. The van der Waals surface area contributed by atoms with Crippen LogP contribution in [0.3, 0.4) is 0 Å². The van der Waals surface area contributed by atoms with Crippen LogP contribution < -0.4 is 0 Å². The molecule has 2 aliphatic heterocycles. The van der Waals surface area contributed by atoms with Gasteiger partial charge in [0, 0.05) is 13.0 Å². The average Bonchev–Trinajstić information content (AvgIpc) is 3.39. The molecule has 11 unspecified atom stereocenters. The molecule has 0 aliphatic carbocycles. The Labute approximate surface area is 440 Å². The van der Waals surface area contributed by atoms with Crippen molar-refractivity contribution in [3.8, 4) is 0 Å². The van der Waals surface area contributed by atoms with Gasteiger partial charge in [-0.3, -0.25) is 4.79 Å². The first-order chi connectivity index (χ1) is 35.6. The van der Waals surface area contributed by atoms with Crippen LogP contribution in [0.2, 0.25) is 0 Å². The number of carbonyl (C=O) groups is 1. The molecule has 2 saturated heterocycles. The van der Waals surface area contributed by atoms with Crippen LogP contribution in [0.5, 0.6) is 0 Å². The SMILES string of the molecule is CC/C=C\C/C=C\C/C=C\C/C=C\CCCCCCCCCCCCCCC(=O)OC(COCCCCCCCC/C=C\C/C=C\CCC)COC1OC(COC2OC(CO)C(O)C(O)C2O)C(O)C(O)C1O. The summed E-state index contributed by atoms with van der Waals surface area (Å²) in [6.45, 7) is 3.49. The quantitative estimate of drug-likeness (QED) is 0.0172. The average molecular weight is 1040 g/mol. The molecule has 14 heteroatoms. The van der Waals surface area contributed by atoms with Gasteiger partial charge in [-0.2, -0.15) is 0 Å². The highest BCUT2D eigenvalue weighted by Gasteiger charge is 2.47. The topological polar surface area (TPSA) is 214 Å². The summed E-state index contributed by atoms with van der Waals surface area (Å²) in [4.78, 5) is 13.1. The van der Waals surface area contributed by atoms with Crippen molar-refractivity contribution in [2.45, 2.75) is 261 Å². The monoisotopic (exact) mass is 1030 g/mol. The molecule has 0 aromatic rings. The van der Waals surface area contributed by atoms with Crippen molar-refractivity contribution in [1.29, 1.82) is 0 Å². The maximum Gasteiger partial charge on any atom is 0.306 e. The minimum Gasteiger partial charge on any atom is -0.457 e. The fourth-order valence-corrected chi connectivity index (χ4v) is 8.61. The number of rotatable bonds is 45. The fourth-order valence-electron chi connectivity index (χ4n) is 8.61. The van der Waals surface area contributed by atoms with Crippen LogP contribution >= 0.6 is 0 Å². The van der Waals surface area contributed by atoms with Crippen molar-refractivity contribution >= 4 is 5.97 Å². The molecule has 0 spiro atoms. The van der Waals surface area contributed by atoms with Gasteiger partial charge < -0.3 is 64.2 Å². The molecule has 11 atom stereocenters. The summed E-state index contributed by atoms with van der Waals surface area (Å²) in [5.41, 5.74) is 0. The van der Waals surface area contributed by atoms with Gasteiger partial charge in [0.15, 0.2) is 12.6 Å². The lowest BCUT2D eigenvalue weighted by Crippen LogP contribution is -2.61. The zero-order chi connectivity index (χ0) is 53.0. The zero-order valence-electron chi connectivity index (χ0n) is 45.1. The van der Waals surface area contributed by atoms with E-state index in [-0.39, 0.29) is 25.6 Å². The Hall–Kier alpha value is -2.57. The summed E-state index contributed by atoms with van der Waals surface area (Å²) in [6.07, 6.45) is 41.0. The predicted octanol–water partition coefficient (Wildman–Crippen LogP) is 9.86. The lowest BCUT2D eigenvalue weighted by atomic mass is 9.98. The van der Waals surface area contributed by atoms with E-state index in [2.05, 4.69) is 86.8 Å². The number of allylic oxidation sites excluding steroid dienone is 12. The van der Waals surface area contributed by atoms with Gasteiger partial charge in [0.2, 0.25) is 0 Å². The minimum absolute atomic E-state index is 0.0510. The van der Waals surface area contributed by atoms with Crippen molar-refractivity contribution in [3.63, 3.8) is 0 Å². The van der Waals surface area contributed by atoms with Crippen LogP contribution in [0.4, 0.5) is 0 Å². The van der Waals surface area contributed by atoms with E-state index in [0.29, 0.717) is 13.0 Å². The second kappa shape index (κ2) is 45.6. The van der Waals surface area contributed by atoms with Crippen molar-refractivity contribution < 1.29 is 69.0 Å². The molecule has 7 N–H and O–H groups in total. The number of unbranched alkanes of at least 4 members (excludes halogenated alkanes) is 19. The third-order valence-electron chi connectivity index (χ3n) is 13.2. The van der Waals surface area contributed by atoms with Gasteiger partial charge in [0.25, 0.3) is 0 Å². The number of carbonyl (C=O) groups excluding carboxylic acids is 1. The fraction of sp³-hybridized carbons (Fsp3) is 0.780. The third kappa shape index (κ3) is 32.6. The smallest absolute Gasteiger partial charge is 0.306 e. The maximum atomic E-state index is 13.1. The molecule has 0 aromatic carbocycles. The van der Waals surface area contributed by atoms with Gasteiger partial charge in [-0.1, -0.05) is 183 Å². The molecule has 0 bridgehead atoms. The van der Waals surface area contributed by atoms with Crippen molar-refractivity contribution in [3.05, 3.63) is 72.9 Å². The normalized spacial score (nSPS) is 25.5. The number of hydrogen-bond acceptors (Lipinski definition) is 14. The van der Waals surface area contributed by atoms with Crippen LogP contribution in [0, 0.1) is 0 Å². The Kier molecular flexibility index (Phi) is 41.6. The van der Waals surface area contributed by atoms with Gasteiger partial charge in [-0.05, 0) is 77.0 Å². The largest absolute Gasteiger partial charge is 0.457 e. The van der Waals surface area contributed by atoms with E-state index in [4.69, 9.17) is 28.4 Å². The van der Waals surface area contributed by atoms with Crippen LogP contribution in [-0.4, -0.2) is 142 Å². The molecule has 0 aromatic heterocycles. The van der Waals surface area contributed by atoms with E-state index in [0.717, 1.165) is 96.3 Å². The lowest BCUT2D eigenvalue weighted by molar-refractivity contribution is -0.332. The molecular weight excluding hydrogens is 933 g/mol. The summed E-state index contributed by atoms with van der Waals surface area (Å²) < 4.78 is 34.3. The zero-order valence-corrected chi connectivity index (χ0v) is 45.1. The van der Waals surface area contributed by atoms with Gasteiger partial charge in [-0.25, -0.2) is 0 Å². The first kappa shape index (κ1) is 66.5. The molecule has 14 nitrogen and oxygen atoms in total. The molecule has 2 rings (SSSR count). The number of hydrogen-bond donors (Lipinski definition) is 7. The van der Waals surface area contributed by atoms with Gasteiger partial charge >= 0.3 is 5.97 Å². The van der Waals surface area contributed by atoms with Gasteiger partial charge in [0.05, 0.1) is 26.4 Å². The van der Waals surface area contributed by atoms with Crippen LogP contribution in [0.25, 0.3) is 0 Å². The summed E-state index contributed by atoms with van der Waals surface area (Å²) in [6, 6.07) is 0. The van der Waals surface area contributed by atoms with E-state index in [1.807, 2.05) is 0 Å². The van der Waals surface area contributed by atoms with Crippen LogP contribution in [0.1, 0.15) is 194 Å². The second-order valence-corrected chi connectivity index (χ2v) is 19.7. The van der Waals surface area contributed by atoms with Gasteiger partial charge in [-0.15, -0.1) is 0 Å². The van der Waals surface area contributed by atoms with Crippen LogP contribution in [-0.2, 0) is 33.2 Å². The summed E-state index contributed by atoms with van der Waals surface area (Å²) in [7, 11) is 0. The highest BCUT2D eigenvalue weighted by atomic mass is 16.7. The molecule has 0 saturated carbocycles. The first-order valence-corrected chi connectivity index (χ1v) is 28.5. The second-order valence-electron chi connectivity index (χ2n) is 19.7. The Morgan fingerprint density at radius 1 is 0.466 bits per heavy atom. The summed E-state index contributed by atoms with van der Waals surface area (Å²) in [5, 5.41) is 72.3. The Bertz CT molecular complexity index is 1480. The van der Waals surface area contributed by atoms with E-state index in [1.54, 1.807) is 0 Å². The molecule has 2 aliphatic rings. The van der Waals surface area contributed by atoms with E-state index in [9.17, 15) is 40.5 Å². The lowest BCUT2D eigenvalue weighted by Gasteiger charge is -2.42. The predicted molar refractivity (Wildman–Crippen MR) is 289 cm³/mol. The number of aliphatic hydroxyl groups excluding tert-OH is 7. The minimum atomic E-state index is -1.71. The highest BCUT2D eigenvalue weighted by Crippen LogP contribution is 2.26. The molecule has 2 heterocycles. The Morgan fingerprint density at radius 3 is 1.40 bits per heavy atom. The molecular formula is C59H102O14. The summed E-state index contributed by atoms with van der Waals surface area (Å²) in [5.74, 6) is -0.384.